The molecule has 9 heteroatoms. The summed E-state index contributed by atoms with van der Waals surface area (Å²) in [5.74, 6) is 0.156. The average Bonchev–Trinajstić information content (AvgIpc) is 2.74. The van der Waals surface area contributed by atoms with Crippen LogP contribution in [0.2, 0.25) is 0 Å². The van der Waals surface area contributed by atoms with E-state index < -0.39 is 10.8 Å². The van der Waals surface area contributed by atoms with Gasteiger partial charge in [-0.15, -0.1) is 0 Å². The summed E-state index contributed by atoms with van der Waals surface area (Å²) in [5, 5.41) is 15.0. The van der Waals surface area contributed by atoms with Crippen LogP contribution in [0.3, 0.4) is 0 Å². The summed E-state index contributed by atoms with van der Waals surface area (Å²) in [7, 11) is 0. The molecule has 1 heterocycles. The summed E-state index contributed by atoms with van der Waals surface area (Å²) in [6.45, 7) is 4.29. The normalized spacial score (nSPS) is 14.0. The zero-order chi connectivity index (χ0) is 20.6. The van der Waals surface area contributed by atoms with Crippen molar-refractivity contribution in [2.24, 2.45) is 5.10 Å². The summed E-state index contributed by atoms with van der Waals surface area (Å²) < 4.78 is 10.7. The lowest BCUT2D eigenvalue weighted by atomic mass is 10.1. The van der Waals surface area contributed by atoms with Crippen molar-refractivity contribution < 1.29 is 19.2 Å². The molecule has 0 saturated carbocycles. The van der Waals surface area contributed by atoms with E-state index in [1.165, 1.54) is 18.3 Å². The number of anilines is 1. The van der Waals surface area contributed by atoms with Crippen molar-refractivity contribution in [2.75, 3.05) is 37.8 Å². The predicted molar refractivity (Wildman–Crippen MR) is 109 cm³/mol. The quantitative estimate of drug-likeness (QED) is 0.436. The van der Waals surface area contributed by atoms with Crippen molar-refractivity contribution in [3.8, 4) is 5.75 Å². The van der Waals surface area contributed by atoms with Crippen LogP contribution < -0.4 is 15.1 Å². The topological polar surface area (TPSA) is 106 Å². The van der Waals surface area contributed by atoms with Gasteiger partial charge in [0, 0.05) is 36.5 Å². The largest absolute Gasteiger partial charge is 0.484 e. The molecule has 0 aromatic heterocycles. The number of nitro groups is 1. The molecule has 1 N–H and O–H groups in total. The van der Waals surface area contributed by atoms with Gasteiger partial charge in [-0.2, -0.15) is 5.10 Å². The molecule has 1 saturated heterocycles. The number of hydrazone groups is 1. The number of amides is 1. The van der Waals surface area contributed by atoms with Crippen LogP contribution in [0.25, 0.3) is 0 Å². The second kappa shape index (κ2) is 9.65. The van der Waals surface area contributed by atoms with Crippen LogP contribution in [0.1, 0.15) is 11.1 Å². The first-order valence-electron chi connectivity index (χ1n) is 9.15. The number of ether oxygens (including phenoxy) is 2. The summed E-state index contributed by atoms with van der Waals surface area (Å²) in [6.07, 6.45) is 1.40. The van der Waals surface area contributed by atoms with E-state index in [0.29, 0.717) is 37.6 Å². The number of non-ortho nitro benzene ring substituents is 1. The third-order valence-corrected chi connectivity index (χ3v) is 4.36. The van der Waals surface area contributed by atoms with Crippen LogP contribution in [0.4, 0.5) is 11.4 Å². The molecule has 0 atom stereocenters. The first-order valence-corrected chi connectivity index (χ1v) is 9.15. The van der Waals surface area contributed by atoms with E-state index in [0.717, 1.165) is 11.3 Å². The van der Waals surface area contributed by atoms with Gasteiger partial charge in [-0.25, -0.2) is 5.43 Å². The van der Waals surface area contributed by atoms with E-state index >= 15 is 0 Å². The molecule has 2 aromatic rings. The minimum atomic E-state index is -0.464. The first kappa shape index (κ1) is 20.3. The van der Waals surface area contributed by atoms with Crippen molar-refractivity contribution in [3.05, 3.63) is 63.7 Å². The molecular weight excluding hydrogens is 376 g/mol. The number of nitrogens with zero attached hydrogens (tertiary/aromatic N) is 3. The van der Waals surface area contributed by atoms with E-state index in [9.17, 15) is 14.9 Å². The highest BCUT2D eigenvalue weighted by Gasteiger charge is 2.17. The Bertz CT molecular complexity index is 892. The molecule has 152 valence electrons. The lowest BCUT2D eigenvalue weighted by Crippen LogP contribution is -2.36. The zero-order valence-corrected chi connectivity index (χ0v) is 16.0. The number of hydrogen-bond acceptors (Lipinski definition) is 7. The monoisotopic (exact) mass is 398 g/mol. The molecule has 3 rings (SSSR count). The molecule has 2 aromatic carbocycles. The third kappa shape index (κ3) is 5.76. The Morgan fingerprint density at radius 3 is 2.69 bits per heavy atom. The van der Waals surface area contributed by atoms with Crippen molar-refractivity contribution in [1.29, 1.82) is 0 Å². The molecular formula is C20H22N4O5. The van der Waals surface area contributed by atoms with Gasteiger partial charge in [0.2, 0.25) is 0 Å². The molecule has 1 aliphatic heterocycles. The fourth-order valence-electron chi connectivity index (χ4n) is 2.84. The maximum Gasteiger partial charge on any atom is 0.277 e. The summed E-state index contributed by atoms with van der Waals surface area (Å²) in [4.78, 5) is 24.7. The van der Waals surface area contributed by atoms with E-state index in [2.05, 4.69) is 15.4 Å². The van der Waals surface area contributed by atoms with Crippen molar-refractivity contribution >= 4 is 23.5 Å². The van der Waals surface area contributed by atoms with Gasteiger partial charge in [0.05, 0.1) is 24.4 Å². The Labute approximate surface area is 168 Å². The molecule has 9 nitrogen and oxygen atoms in total. The second-order valence-corrected chi connectivity index (χ2v) is 6.49. The number of benzene rings is 2. The zero-order valence-electron chi connectivity index (χ0n) is 16.0. The fourth-order valence-corrected chi connectivity index (χ4v) is 2.84. The van der Waals surface area contributed by atoms with Gasteiger partial charge in [-0.1, -0.05) is 17.7 Å². The lowest BCUT2D eigenvalue weighted by Gasteiger charge is -2.29. The molecule has 1 fully saturated rings. The highest BCUT2D eigenvalue weighted by Crippen LogP contribution is 2.25. The van der Waals surface area contributed by atoms with Crippen LogP contribution in [0.15, 0.2) is 47.6 Å². The molecule has 0 unspecified atom stereocenters. The Kier molecular flexibility index (Phi) is 6.75. The van der Waals surface area contributed by atoms with E-state index in [4.69, 9.17) is 9.47 Å². The van der Waals surface area contributed by atoms with Gasteiger partial charge >= 0.3 is 0 Å². The number of aryl methyl sites for hydroxylation is 1. The van der Waals surface area contributed by atoms with Crippen LogP contribution in [-0.2, 0) is 9.53 Å². The van der Waals surface area contributed by atoms with Crippen molar-refractivity contribution in [1.82, 2.24) is 5.43 Å². The van der Waals surface area contributed by atoms with Gasteiger partial charge in [0.1, 0.15) is 5.75 Å². The Hall–Kier alpha value is -3.46. The lowest BCUT2D eigenvalue weighted by molar-refractivity contribution is -0.384. The summed E-state index contributed by atoms with van der Waals surface area (Å²) >= 11 is 0. The number of carbonyl (C=O) groups excluding carboxylic acids is 1. The smallest absolute Gasteiger partial charge is 0.277 e. The first-order chi connectivity index (χ1) is 14.0. The molecule has 29 heavy (non-hydrogen) atoms. The highest BCUT2D eigenvalue weighted by molar-refractivity contribution is 5.90. The average molecular weight is 398 g/mol. The van der Waals surface area contributed by atoms with Gasteiger partial charge < -0.3 is 14.4 Å². The number of nitro benzene ring substituents is 1. The molecule has 0 aliphatic carbocycles. The molecule has 1 amide bonds. The second-order valence-electron chi connectivity index (χ2n) is 6.49. The minimum Gasteiger partial charge on any atom is -0.484 e. The van der Waals surface area contributed by atoms with E-state index in [1.807, 2.05) is 19.1 Å². The van der Waals surface area contributed by atoms with E-state index in [1.54, 1.807) is 18.2 Å². The molecule has 0 spiro atoms. The predicted octanol–water partition coefficient (Wildman–Crippen LogP) is 2.27. The number of morpholine rings is 1. The maximum atomic E-state index is 12.0. The van der Waals surface area contributed by atoms with Crippen LogP contribution in [0.5, 0.6) is 5.75 Å². The Morgan fingerprint density at radius 1 is 1.28 bits per heavy atom. The standard InChI is InChI=1S/C20H22N4O5/c1-15-2-5-18(6-3-15)29-14-20(25)22-21-13-16-12-17(24(26)27)4-7-19(16)23-8-10-28-11-9-23/h2-7,12-13H,8-11,14H2,1H3,(H,22,25). The van der Waals surface area contributed by atoms with Crippen LogP contribution in [0, 0.1) is 17.0 Å². The van der Waals surface area contributed by atoms with Gasteiger partial charge in [-0.05, 0) is 25.1 Å². The molecule has 0 radical (unpaired) electrons. The van der Waals surface area contributed by atoms with Gasteiger partial charge in [0.25, 0.3) is 11.6 Å². The Morgan fingerprint density at radius 2 is 2.00 bits per heavy atom. The van der Waals surface area contributed by atoms with Crippen LogP contribution >= 0.6 is 0 Å². The maximum absolute atomic E-state index is 12.0. The molecule has 0 bridgehead atoms. The third-order valence-electron chi connectivity index (χ3n) is 4.36. The number of hydrogen-bond donors (Lipinski definition) is 1. The number of rotatable bonds is 7. The summed E-state index contributed by atoms with van der Waals surface area (Å²) in [5.41, 5.74) is 4.78. The summed E-state index contributed by atoms with van der Waals surface area (Å²) in [6, 6.07) is 11.9. The van der Waals surface area contributed by atoms with E-state index in [-0.39, 0.29) is 12.3 Å². The van der Waals surface area contributed by atoms with Crippen LogP contribution in [-0.4, -0.2) is 50.0 Å². The fraction of sp³-hybridized carbons (Fsp3) is 0.300. The van der Waals surface area contributed by atoms with Crippen molar-refractivity contribution in [2.45, 2.75) is 6.92 Å². The SMILES string of the molecule is Cc1ccc(OCC(=O)NN=Cc2cc([N+](=O)[O-])ccc2N2CCOCC2)cc1. The van der Waals surface area contributed by atoms with Crippen molar-refractivity contribution in [3.63, 3.8) is 0 Å². The number of carbonyl (C=O) groups is 1. The van der Waals surface area contributed by atoms with Gasteiger partial charge in [0.15, 0.2) is 6.61 Å². The minimum absolute atomic E-state index is 0.0440. The number of nitrogens with one attached hydrogen (secondary N) is 1. The molecule has 1 aliphatic rings. The Balaban J connectivity index is 1.64. The van der Waals surface area contributed by atoms with Gasteiger partial charge in [-0.3, -0.25) is 14.9 Å². The highest BCUT2D eigenvalue weighted by atomic mass is 16.6.